The predicted octanol–water partition coefficient (Wildman–Crippen LogP) is 1.48. The first-order chi connectivity index (χ1) is 9.17. The molecule has 0 fully saturated rings. The molecule has 0 aliphatic rings. The quantitative estimate of drug-likeness (QED) is 0.497. The van der Waals surface area contributed by atoms with Crippen molar-refractivity contribution in [3.8, 4) is 0 Å². The summed E-state index contributed by atoms with van der Waals surface area (Å²) in [6.45, 7) is 11.4. The zero-order valence-corrected chi connectivity index (χ0v) is 12.1. The monoisotopic (exact) mass is 266 g/mol. The van der Waals surface area contributed by atoms with E-state index in [0.29, 0.717) is 19.8 Å². The first-order valence-corrected chi connectivity index (χ1v) is 6.85. The van der Waals surface area contributed by atoms with Crippen LogP contribution in [0.3, 0.4) is 0 Å². The highest BCUT2D eigenvalue weighted by atomic mass is 16.5. The molecule has 5 heteroatoms. The molecule has 1 unspecified atom stereocenters. The molecular formula is C14H26N4O. The summed E-state index contributed by atoms with van der Waals surface area (Å²) in [6, 6.07) is 0.138. The normalized spacial score (nSPS) is 12.6. The van der Waals surface area contributed by atoms with Gasteiger partial charge in [-0.2, -0.15) is 5.10 Å². The van der Waals surface area contributed by atoms with Gasteiger partial charge < -0.3 is 15.8 Å². The standard InChI is InChI=1S/C14H26N4O/c1-4-6-18-10-13(9-17-18)14(8-15)16-5-7-19-11-12(2)3/h9-10,14,16H,2,4-8,11,15H2,1,3H3. The number of ether oxygens (including phenoxy) is 1. The molecular weight excluding hydrogens is 240 g/mol. The minimum Gasteiger partial charge on any atom is -0.376 e. The lowest BCUT2D eigenvalue weighted by molar-refractivity contribution is 0.155. The van der Waals surface area contributed by atoms with Gasteiger partial charge in [0.15, 0.2) is 0 Å². The molecule has 3 N–H and O–H groups in total. The van der Waals surface area contributed by atoms with Crippen molar-refractivity contribution in [1.82, 2.24) is 15.1 Å². The second-order valence-electron chi connectivity index (χ2n) is 4.79. The van der Waals surface area contributed by atoms with Crippen LogP contribution in [0.1, 0.15) is 31.9 Å². The molecule has 0 saturated carbocycles. The fourth-order valence-electron chi connectivity index (χ4n) is 1.80. The Bertz CT molecular complexity index is 375. The molecule has 0 aliphatic heterocycles. The average molecular weight is 266 g/mol. The van der Waals surface area contributed by atoms with Gasteiger partial charge in [-0.15, -0.1) is 0 Å². The Hall–Kier alpha value is -1.17. The van der Waals surface area contributed by atoms with Crippen LogP contribution in [0.2, 0.25) is 0 Å². The zero-order chi connectivity index (χ0) is 14.1. The van der Waals surface area contributed by atoms with Gasteiger partial charge >= 0.3 is 0 Å². The Labute approximate surface area is 115 Å². The maximum Gasteiger partial charge on any atom is 0.0672 e. The lowest BCUT2D eigenvalue weighted by Crippen LogP contribution is -2.30. The number of aryl methyl sites for hydroxylation is 1. The molecule has 0 aromatic carbocycles. The van der Waals surface area contributed by atoms with E-state index in [2.05, 4.69) is 30.1 Å². The first kappa shape index (κ1) is 15.9. The van der Waals surface area contributed by atoms with Crippen molar-refractivity contribution in [3.63, 3.8) is 0 Å². The number of rotatable bonds is 10. The van der Waals surface area contributed by atoms with E-state index in [0.717, 1.165) is 30.6 Å². The SMILES string of the molecule is C=C(C)COCCNC(CN)c1cnn(CCC)c1. The van der Waals surface area contributed by atoms with Gasteiger partial charge in [-0.3, -0.25) is 4.68 Å². The van der Waals surface area contributed by atoms with E-state index < -0.39 is 0 Å². The fraction of sp³-hybridized carbons (Fsp3) is 0.643. The molecule has 0 amide bonds. The summed E-state index contributed by atoms with van der Waals surface area (Å²) in [4.78, 5) is 0. The molecule has 0 spiro atoms. The summed E-state index contributed by atoms with van der Waals surface area (Å²) >= 11 is 0. The average Bonchev–Trinajstić information content (AvgIpc) is 2.82. The number of hydrogen-bond donors (Lipinski definition) is 2. The van der Waals surface area contributed by atoms with Crippen molar-refractivity contribution in [1.29, 1.82) is 0 Å². The number of nitrogens with zero attached hydrogens (tertiary/aromatic N) is 2. The van der Waals surface area contributed by atoms with E-state index in [1.807, 2.05) is 17.8 Å². The van der Waals surface area contributed by atoms with Gasteiger partial charge in [0.25, 0.3) is 0 Å². The Balaban J connectivity index is 2.33. The largest absolute Gasteiger partial charge is 0.376 e. The third-order valence-electron chi connectivity index (χ3n) is 2.73. The van der Waals surface area contributed by atoms with Gasteiger partial charge in [0.05, 0.1) is 19.4 Å². The molecule has 0 aliphatic carbocycles. The van der Waals surface area contributed by atoms with Gasteiger partial charge in [-0.05, 0) is 13.3 Å². The maximum absolute atomic E-state index is 5.80. The summed E-state index contributed by atoms with van der Waals surface area (Å²) in [6.07, 6.45) is 5.02. The van der Waals surface area contributed by atoms with Crippen LogP contribution >= 0.6 is 0 Å². The Kier molecular flexibility index (Phi) is 7.40. The summed E-state index contributed by atoms with van der Waals surface area (Å²) in [5, 5.41) is 7.70. The van der Waals surface area contributed by atoms with E-state index in [1.165, 1.54) is 0 Å². The van der Waals surface area contributed by atoms with E-state index in [1.54, 1.807) is 0 Å². The number of nitrogens with two attached hydrogens (primary N) is 1. The third-order valence-corrected chi connectivity index (χ3v) is 2.73. The molecule has 0 saturated heterocycles. The van der Waals surface area contributed by atoms with E-state index in [-0.39, 0.29) is 6.04 Å². The van der Waals surface area contributed by atoms with Crippen LogP contribution in [0.15, 0.2) is 24.5 Å². The van der Waals surface area contributed by atoms with Crippen molar-refractivity contribution in [2.24, 2.45) is 5.73 Å². The van der Waals surface area contributed by atoms with Crippen LogP contribution in [0.5, 0.6) is 0 Å². The van der Waals surface area contributed by atoms with Crippen LogP contribution < -0.4 is 11.1 Å². The van der Waals surface area contributed by atoms with Gasteiger partial charge in [-0.1, -0.05) is 19.1 Å². The first-order valence-electron chi connectivity index (χ1n) is 6.85. The Morgan fingerprint density at radius 1 is 1.63 bits per heavy atom. The second-order valence-corrected chi connectivity index (χ2v) is 4.79. The van der Waals surface area contributed by atoms with Gasteiger partial charge in [0.1, 0.15) is 0 Å². The lowest BCUT2D eigenvalue weighted by atomic mass is 10.1. The summed E-state index contributed by atoms with van der Waals surface area (Å²) < 4.78 is 7.40. The highest BCUT2D eigenvalue weighted by Crippen LogP contribution is 2.10. The van der Waals surface area contributed by atoms with Gasteiger partial charge in [0, 0.05) is 37.4 Å². The smallest absolute Gasteiger partial charge is 0.0672 e. The zero-order valence-electron chi connectivity index (χ0n) is 12.1. The Morgan fingerprint density at radius 2 is 2.42 bits per heavy atom. The molecule has 1 aromatic heterocycles. The molecule has 1 atom stereocenters. The second kappa shape index (κ2) is 8.85. The van der Waals surface area contributed by atoms with Crippen molar-refractivity contribution < 1.29 is 4.74 Å². The molecule has 1 rings (SSSR count). The lowest BCUT2D eigenvalue weighted by Gasteiger charge is -2.15. The van der Waals surface area contributed by atoms with Crippen LogP contribution in [0.25, 0.3) is 0 Å². The maximum atomic E-state index is 5.80. The highest BCUT2D eigenvalue weighted by Gasteiger charge is 2.10. The molecule has 108 valence electrons. The van der Waals surface area contributed by atoms with Crippen LogP contribution in [0.4, 0.5) is 0 Å². The minimum atomic E-state index is 0.138. The summed E-state index contributed by atoms with van der Waals surface area (Å²) in [5.41, 5.74) is 7.97. The highest BCUT2D eigenvalue weighted by molar-refractivity contribution is 5.10. The van der Waals surface area contributed by atoms with Crippen molar-refractivity contribution in [2.45, 2.75) is 32.9 Å². The Morgan fingerprint density at radius 3 is 3.05 bits per heavy atom. The van der Waals surface area contributed by atoms with Gasteiger partial charge in [0.2, 0.25) is 0 Å². The molecule has 0 bridgehead atoms. The van der Waals surface area contributed by atoms with Crippen molar-refractivity contribution in [3.05, 3.63) is 30.1 Å². The molecule has 5 nitrogen and oxygen atoms in total. The van der Waals surface area contributed by atoms with Crippen LogP contribution in [-0.2, 0) is 11.3 Å². The molecule has 0 radical (unpaired) electrons. The topological polar surface area (TPSA) is 65.1 Å². The fourth-order valence-corrected chi connectivity index (χ4v) is 1.80. The van der Waals surface area contributed by atoms with Gasteiger partial charge in [-0.25, -0.2) is 0 Å². The minimum absolute atomic E-state index is 0.138. The van der Waals surface area contributed by atoms with E-state index >= 15 is 0 Å². The molecule has 19 heavy (non-hydrogen) atoms. The van der Waals surface area contributed by atoms with Crippen molar-refractivity contribution in [2.75, 3.05) is 26.3 Å². The van der Waals surface area contributed by atoms with Crippen molar-refractivity contribution >= 4 is 0 Å². The summed E-state index contributed by atoms with van der Waals surface area (Å²) in [7, 11) is 0. The number of aromatic nitrogens is 2. The predicted molar refractivity (Wildman–Crippen MR) is 77.9 cm³/mol. The van der Waals surface area contributed by atoms with E-state index in [4.69, 9.17) is 10.5 Å². The third kappa shape index (κ3) is 6.00. The van der Waals surface area contributed by atoms with Crippen LogP contribution in [-0.4, -0.2) is 36.1 Å². The van der Waals surface area contributed by atoms with E-state index in [9.17, 15) is 0 Å². The van der Waals surface area contributed by atoms with Crippen LogP contribution in [0, 0.1) is 0 Å². The molecule has 1 heterocycles. The molecule has 1 aromatic rings. The number of hydrogen-bond acceptors (Lipinski definition) is 4. The number of nitrogens with one attached hydrogen (secondary N) is 1. The summed E-state index contributed by atoms with van der Waals surface area (Å²) in [5.74, 6) is 0.